The molecule has 0 atom stereocenters. The van der Waals surface area contributed by atoms with Crippen LogP contribution in [0.5, 0.6) is 0 Å². The number of hydrogen-bond donors (Lipinski definition) is 1. The first kappa shape index (κ1) is 17.5. The van der Waals surface area contributed by atoms with Gasteiger partial charge in [0.25, 0.3) is 11.7 Å². The first-order valence-electron chi connectivity index (χ1n) is 9.24. The summed E-state index contributed by atoms with van der Waals surface area (Å²) < 4.78 is 0. The summed E-state index contributed by atoms with van der Waals surface area (Å²) >= 11 is 0. The quantitative estimate of drug-likeness (QED) is 0.576. The molecule has 0 unspecified atom stereocenters. The summed E-state index contributed by atoms with van der Waals surface area (Å²) in [5.74, 6) is -0.849. The molecular weight excluding hydrogens is 338 g/mol. The van der Waals surface area contributed by atoms with Crippen molar-refractivity contribution >= 4 is 22.6 Å². The van der Waals surface area contributed by atoms with Crippen LogP contribution in [0.4, 0.5) is 0 Å². The van der Waals surface area contributed by atoms with Gasteiger partial charge in [0.05, 0.1) is 11.3 Å². The molecule has 0 bridgehead atoms. The Morgan fingerprint density at radius 2 is 1.67 bits per heavy atom. The van der Waals surface area contributed by atoms with Gasteiger partial charge in [-0.15, -0.1) is 0 Å². The van der Waals surface area contributed by atoms with Crippen LogP contribution in [-0.4, -0.2) is 59.7 Å². The Balaban J connectivity index is 1.80. The van der Waals surface area contributed by atoms with Crippen molar-refractivity contribution in [3.8, 4) is 11.3 Å². The number of carbonyl (C=O) groups is 2. The summed E-state index contributed by atoms with van der Waals surface area (Å²) in [4.78, 5) is 33.4. The van der Waals surface area contributed by atoms with E-state index in [-0.39, 0.29) is 0 Å². The number of piperazine rings is 1. The van der Waals surface area contributed by atoms with E-state index in [1.54, 1.807) is 4.90 Å². The normalized spacial score (nSPS) is 15.3. The SMILES string of the molecule is Cc1ccc2[nH]c(-c3ccccc3)c(C(=O)C(=O)N3CCN(C)CC3)c2c1. The number of nitrogens with zero attached hydrogens (tertiary/aromatic N) is 2. The third kappa shape index (κ3) is 3.26. The number of hydrogen-bond acceptors (Lipinski definition) is 3. The van der Waals surface area contributed by atoms with Gasteiger partial charge in [-0.2, -0.15) is 0 Å². The predicted molar refractivity (Wildman–Crippen MR) is 107 cm³/mol. The van der Waals surface area contributed by atoms with Crippen LogP contribution in [0.2, 0.25) is 0 Å². The van der Waals surface area contributed by atoms with Crippen LogP contribution in [-0.2, 0) is 4.79 Å². The van der Waals surface area contributed by atoms with E-state index in [9.17, 15) is 9.59 Å². The van der Waals surface area contributed by atoms with Crippen LogP contribution >= 0.6 is 0 Å². The van der Waals surface area contributed by atoms with E-state index in [0.29, 0.717) is 24.3 Å². The maximum Gasteiger partial charge on any atom is 0.295 e. The van der Waals surface area contributed by atoms with Crippen molar-refractivity contribution in [2.75, 3.05) is 33.2 Å². The molecular formula is C22H23N3O2. The molecule has 1 aliphatic rings. The molecule has 0 spiro atoms. The molecule has 0 aliphatic carbocycles. The molecule has 0 radical (unpaired) electrons. The number of fused-ring (bicyclic) bond motifs is 1. The molecule has 1 N–H and O–H groups in total. The molecule has 138 valence electrons. The number of nitrogens with one attached hydrogen (secondary N) is 1. The Bertz CT molecular complexity index is 999. The zero-order chi connectivity index (χ0) is 19.0. The molecule has 1 aromatic heterocycles. The largest absolute Gasteiger partial charge is 0.354 e. The summed E-state index contributed by atoms with van der Waals surface area (Å²) in [5, 5.41) is 0.807. The number of Topliss-reactive ketones (excluding diaryl/α,β-unsaturated/α-hetero) is 1. The highest BCUT2D eigenvalue weighted by molar-refractivity contribution is 6.46. The van der Waals surface area contributed by atoms with E-state index in [2.05, 4.69) is 9.88 Å². The first-order chi connectivity index (χ1) is 13.0. The van der Waals surface area contributed by atoms with Crippen LogP contribution < -0.4 is 0 Å². The van der Waals surface area contributed by atoms with Crippen molar-refractivity contribution in [1.29, 1.82) is 0 Å². The van der Waals surface area contributed by atoms with Gasteiger partial charge >= 0.3 is 0 Å². The number of carbonyl (C=O) groups excluding carboxylic acids is 2. The lowest BCUT2D eigenvalue weighted by Gasteiger charge is -2.31. The predicted octanol–water partition coefficient (Wildman–Crippen LogP) is 3.10. The smallest absolute Gasteiger partial charge is 0.295 e. The van der Waals surface area contributed by atoms with Crippen molar-refractivity contribution in [2.45, 2.75) is 6.92 Å². The zero-order valence-corrected chi connectivity index (χ0v) is 15.7. The summed E-state index contributed by atoms with van der Waals surface area (Å²) in [5.41, 5.74) is 4.02. The average Bonchev–Trinajstić information content (AvgIpc) is 3.06. The van der Waals surface area contributed by atoms with Gasteiger partial charge in [0.1, 0.15) is 0 Å². The molecule has 4 rings (SSSR count). The summed E-state index contributed by atoms with van der Waals surface area (Å²) in [6, 6.07) is 15.7. The van der Waals surface area contributed by atoms with Crippen LogP contribution in [0.1, 0.15) is 15.9 Å². The lowest BCUT2D eigenvalue weighted by Crippen LogP contribution is -2.49. The van der Waals surface area contributed by atoms with Crippen molar-refractivity contribution in [1.82, 2.24) is 14.8 Å². The van der Waals surface area contributed by atoms with Gasteiger partial charge in [-0.1, -0.05) is 42.0 Å². The Labute approximate surface area is 158 Å². The molecule has 1 aliphatic heterocycles. The second-order valence-electron chi connectivity index (χ2n) is 7.21. The minimum atomic E-state index is -0.435. The Morgan fingerprint density at radius 1 is 0.963 bits per heavy atom. The van der Waals surface area contributed by atoms with Gasteiger partial charge in [-0.25, -0.2) is 0 Å². The molecule has 2 heterocycles. The Kier molecular flexibility index (Phi) is 4.54. The number of benzene rings is 2. The van der Waals surface area contributed by atoms with Crippen LogP contribution in [0.3, 0.4) is 0 Å². The fraction of sp³-hybridized carbons (Fsp3) is 0.273. The number of amides is 1. The molecule has 2 aromatic carbocycles. The van der Waals surface area contributed by atoms with Crippen molar-refractivity contribution in [2.24, 2.45) is 0 Å². The Hall–Kier alpha value is -2.92. The number of ketones is 1. The zero-order valence-electron chi connectivity index (χ0n) is 15.7. The molecule has 27 heavy (non-hydrogen) atoms. The van der Waals surface area contributed by atoms with Crippen LogP contribution in [0.25, 0.3) is 22.2 Å². The first-order valence-corrected chi connectivity index (χ1v) is 9.24. The monoisotopic (exact) mass is 361 g/mol. The second kappa shape index (κ2) is 7.00. The van der Waals surface area contributed by atoms with E-state index < -0.39 is 11.7 Å². The third-order valence-electron chi connectivity index (χ3n) is 5.23. The fourth-order valence-corrected chi connectivity index (χ4v) is 3.62. The molecule has 5 nitrogen and oxygen atoms in total. The van der Waals surface area contributed by atoms with E-state index >= 15 is 0 Å². The van der Waals surface area contributed by atoms with E-state index in [1.807, 2.05) is 62.5 Å². The average molecular weight is 361 g/mol. The lowest BCUT2D eigenvalue weighted by atomic mass is 10.00. The number of aromatic amines is 1. The van der Waals surface area contributed by atoms with Crippen LogP contribution in [0, 0.1) is 6.92 Å². The van der Waals surface area contributed by atoms with E-state index in [1.165, 1.54) is 0 Å². The summed E-state index contributed by atoms with van der Waals surface area (Å²) in [7, 11) is 2.03. The minimum Gasteiger partial charge on any atom is -0.354 e. The minimum absolute atomic E-state index is 0.414. The maximum atomic E-state index is 13.3. The third-order valence-corrected chi connectivity index (χ3v) is 5.23. The van der Waals surface area contributed by atoms with Gasteiger partial charge in [0.2, 0.25) is 0 Å². The number of aryl methyl sites for hydroxylation is 1. The summed E-state index contributed by atoms with van der Waals surface area (Å²) in [6.45, 7) is 4.74. The molecule has 1 amide bonds. The van der Waals surface area contributed by atoms with Gasteiger partial charge in [-0.05, 0) is 31.7 Å². The standard InChI is InChI=1S/C22H23N3O2/c1-15-8-9-18-17(14-15)19(20(23-18)16-6-4-3-5-7-16)21(26)22(27)25-12-10-24(2)11-13-25/h3-9,14,23H,10-13H2,1-2H3. The number of likely N-dealkylation sites (N-methyl/N-ethyl adjacent to an activating group) is 1. The van der Waals surface area contributed by atoms with E-state index in [4.69, 9.17) is 0 Å². The molecule has 3 aromatic rings. The fourth-order valence-electron chi connectivity index (χ4n) is 3.62. The topological polar surface area (TPSA) is 56.4 Å². The highest BCUT2D eigenvalue weighted by Gasteiger charge is 2.30. The molecule has 5 heteroatoms. The number of H-pyrrole nitrogens is 1. The van der Waals surface area contributed by atoms with Gasteiger partial charge < -0.3 is 14.8 Å². The van der Waals surface area contributed by atoms with Crippen molar-refractivity contribution < 1.29 is 9.59 Å². The molecule has 1 saturated heterocycles. The maximum absolute atomic E-state index is 13.3. The van der Waals surface area contributed by atoms with Crippen molar-refractivity contribution in [3.63, 3.8) is 0 Å². The number of rotatable bonds is 3. The van der Waals surface area contributed by atoms with Gasteiger partial charge in [0, 0.05) is 37.1 Å². The lowest BCUT2D eigenvalue weighted by molar-refractivity contribution is -0.127. The van der Waals surface area contributed by atoms with E-state index in [0.717, 1.165) is 35.1 Å². The highest BCUT2D eigenvalue weighted by Crippen LogP contribution is 2.31. The summed E-state index contributed by atoms with van der Waals surface area (Å²) in [6.07, 6.45) is 0. The van der Waals surface area contributed by atoms with Gasteiger partial charge in [-0.3, -0.25) is 9.59 Å². The number of aromatic nitrogens is 1. The molecule has 0 saturated carbocycles. The molecule has 1 fully saturated rings. The van der Waals surface area contributed by atoms with Crippen LogP contribution in [0.15, 0.2) is 48.5 Å². The highest BCUT2D eigenvalue weighted by atomic mass is 16.2. The van der Waals surface area contributed by atoms with Crippen molar-refractivity contribution in [3.05, 3.63) is 59.7 Å². The van der Waals surface area contributed by atoms with Gasteiger partial charge in [0.15, 0.2) is 0 Å². The Morgan fingerprint density at radius 3 is 2.37 bits per heavy atom. The second-order valence-corrected chi connectivity index (χ2v) is 7.21.